The SMILES string of the molecule is CN(CCOc1nc(CN)co1)C1CC1. The zero-order valence-electron chi connectivity index (χ0n) is 8.98. The predicted molar refractivity (Wildman–Crippen MR) is 55.5 cm³/mol. The summed E-state index contributed by atoms with van der Waals surface area (Å²) in [7, 11) is 2.11. The average Bonchev–Trinajstić information content (AvgIpc) is 2.99. The van der Waals surface area contributed by atoms with Crippen molar-refractivity contribution in [2.75, 3.05) is 20.2 Å². The van der Waals surface area contributed by atoms with E-state index in [1.807, 2.05) is 0 Å². The van der Waals surface area contributed by atoms with Crippen LogP contribution in [0.2, 0.25) is 0 Å². The van der Waals surface area contributed by atoms with Crippen LogP contribution in [-0.4, -0.2) is 36.1 Å². The van der Waals surface area contributed by atoms with Crippen LogP contribution < -0.4 is 10.5 Å². The minimum absolute atomic E-state index is 0.319. The fourth-order valence-electron chi connectivity index (χ4n) is 1.42. The lowest BCUT2D eigenvalue weighted by atomic mass is 10.5. The van der Waals surface area contributed by atoms with Crippen LogP contribution in [0.3, 0.4) is 0 Å². The highest BCUT2D eigenvalue weighted by atomic mass is 16.6. The second-order valence-corrected chi connectivity index (χ2v) is 3.87. The van der Waals surface area contributed by atoms with E-state index in [1.165, 1.54) is 19.1 Å². The Morgan fingerprint density at radius 1 is 1.67 bits per heavy atom. The summed E-state index contributed by atoms with van der Waals surface area (Å²) < 4.78 is 10.4. The van der Waals surface area contributed by atoms with Crippen LogP contribution in [0.4, 0.5) is 0 Å². The van der Waals surface area contributed by atoms with Gasteiger partial charge in [-0.1, -0.05) is 0 Å². The number of nitrogens with two attached hydrogens (primary N) is 1. The number of nitrogens with zero attached hydrogens (tertiary/aromatic N) is 2. The summed E-state index contributed by atoms with van der Waals surface area (Å²) in [6.07, 6.45) is 4.47. The fraction of sp³-hybridized carbons (Fsp3) is 0.700. The van der Waals surface area contributed by atoms with Crippen molar-refractivity contribution < 1.29 is 9.15 Å². The molecule has 0 radical (unpaired) electrons. The molecule has 1 aliphatic rings. The lowest BCUT2D eigenvalue weighted by Gasteiger charge is -2.14. The first-order valence-corrected chi connectivity index (χ1v) is 5.27. The molecule has 84 valence electrons. The Hall–Kier alpha value is -1.07. The topological polar surface area (TPSA) is 64.5 Å². The van der Waals surface area contributed by atoms with E-state index in [-0.39, 0.29) is 0 Å². The van der Waals surface area contributed by atoms with Gasteiger partial charge in [0.1, 0.15) is 12.9 Å². The predicted octanol–water partition coefficient (Wildman–Crippen LogP) is 0.606. The van der Waals surface area contributed by atoms with Crippen LogP contribution in [0.1, 0.15) is 18.5 Å². The average molecular weight is 211 g/mol. The Kier molecular flexibility index (Phi) is 3.23. The third-order valence-electron chi connectivity index (χ3n) is 2.58. The quantitative estimate of drug-likeness (QED) is 0.746. The molecule has 0 atom stereocenters. The van der Waals surface area contributed by atoms with Crippen molar-refractivity contribution in [3.8, 4) is 6.08 Å². The molecular formula is C10H17N3O2. The Balaban J connectivity index is 1.68. The number of oxazole rings is 1. The van der Waals surface area contributed by atoms with Crippen LogP contribution in [0, 0.1) is 0 Å². The zero-order chi connectivity index (χ0) is 10.7. The molecule has 5 nitrogen and oxygen atoms in total. The minimum Gasteiger partial charge on any atom is -0.449 e. The van der Waals surface area contributed by atoms with Crippen molar-refractivity contribution in [2.24, 2.45) is 5.73 Å². The number of rotatable bonds is 6. The Morgan fingerprint density at radius 3 is 3.07 bits per heavy atom. The van der Waals surface area contributed by atoms with Gasteiger partial charge in [-0.05, 0) is 19.9 Å². The smallest absolute Gasteiger partial charge is 0.393 e. The van der Waals surface area contributed by atoms with Gasteiger partial charge in [0.2, 0.25) is 0 Å². The maximum Gasteiger partial charge on any atom is 0.393 e. The normalized spacial score (nSPS) is 15.9. The van der Waals surface area contributed by atoms with Gasteiger partial charge in [-0.3, -0.25) is 0 Å². The Bertz CT molecular complexity index is 309. The number of hydrogen-bond donors (Lipinski definition) is 1. The third-order valence-corrected chi connectivity index (χ3v) is 2.58. The van der Waals surface area contributed by atoms with E-state index in [9.17, 15) is 0 Å². The van der Waals surface area contributed by atoms with Gasteiger partial charge in [0.25, 0.3) is 0 Å². The number of ether oxygens (including phenoxy) is 1. The van der Waals surface area contributed by atoms with Crippen molar-refractivity contribution in [1.29, 1.82) is 0 Å². The van der Waals surface area contributed by atoms with Crippen molar-refractivity contribution in [2.45, 2.75) is 25.4 Å². The highest BCUT2D eigenvalue weighted by molar-refractivity contribution is 4.98. The maximum absolute atomic E-state index is 5.40. The van der Waals surface area contributed by atoms with E-state index in [2.05, 4.69) is 16.9 Å². The Labute approximate surface area is 89.2 Å². The first kappa shape index (κ1) is 10.4. The van der Waals surface area contributed by atoms with Gasteiger partial charge in [-0.2, -0.15) is 4.98 Å². The fourth-order valence-corrected chi connectivity index (χ4v) is 1.42. The Morgan fingerprint density at radius 2 is 2.47 bits per heavy atom. The van der Waals surface area contributed by atoms with E-state index in [0.717, 1.165) is 18.3 Å². The molecule has 0 amide bonds. The summed E-state index contributed by atoms with van der Waals surface area (Å²) >= 11 is 0. The van der Waals surface area contributed by atoms with E-state index in [0.29, 0.717) is 19.2 Å². The summed E-state index contributed by atoms with van der Waals surface area (Å²) in [6.45, 7) is 1.90. The molecular weight excluding hydrogens is 194 g/mol. The molecule has 5 heteroatoms. The van der Waals surface area contributed by atoms with Crippen molar-refractivity contribution in [1.82, 2.24) is 9.88 Å². The first-order valence-electron chi connectivity index (χ1n) is 5.27. The van der Waals surface area contributed by atoms with Gasteiger partial charge in [-0.15, -0.1) is 0 Å². The number of likely N-dealkylation sites (N-methyl/N-ethyl adjacent to an activating group) is 1. The molecule has 1 fully saturated rings. The molecule has 1 aromatic heterocycles. The second-order valence-electron chi connectivity index (χ2n) is 3.87. The van der Waals surface area contributed by atoms with Gasteiger partial charge in [-0.25, -0.2) is 0 Å². The highest BCUT2D eigenvalue weighted by Gasteiger charge is 2.25. The molecule has 0 spiro atoms. The standard InChI is InChI=1S/C10H17N3O2/c1-13(9-2-3-9)4-5-14-10-12-8(6-11)7-15-10/h7,9H,2-6,11H2,1H3. The highest BCUT2D eigenvalue weighted by Crippen LogP contribution is 2.24. The maximum atomic E-state index is 5.40. The summed E-state index contributed by atoms with van der Waals surface area (Å²) in [4.78, 5) is 6.35. The lowest BCUT2D eigenvalue weighted by Crippen LogP contribution is -2.26. The van der Waals surface area contributed by atoms with Gasteiger partial charge in [0.05, 0.1) is 5.69 Å². The van der Waals surface area contributed by atoms with E-state index in [4.69, 9.17) is 14.9 Å². The molecule has 15 heavy (non-hydrogen) atoms. The first-order chi connectivity index (χ1) is 7.29. The van der Waals surface area contributed by atoms with Gasteiger partial charge in [0.15, 0.2) is 0 Å². The second kappa shape index (κ2) is 4.63. The van der Waals surface area contributed by atoms with Crippen molar-refractivity contribution >= 4 is 0 Å². The number of aromatic nitrogens is 1. The van der Waals surface area contributed by atoms with Crippen molar-refractivity contribution in [3.63, 3.8) is 0 Å². The van der Waals surface area contributed by atoms with Crippen LogP contribution in [0.5, 0.6) is 6.08 Å². The van der Waals surface area contributed by atoms with Crippen LogP contribution >= 0.6 is 0 Å². The molecule has 1 heterocycles. The molecule has 1 saturated carbocycles. The summed E-state index contributed by atoms with van der Waals surface area (Å²) in [6, 6.07) is 0.762. The molecule has 0 aromatic carbocycles. The van der Waals surface area contributed by atoms with Crippen molar-refractivity contribution in [3.05, 3.63) is 12.0 Å². The molecule has 1 aliphatic carbocycles. The monoisotopic (exact) mass is 211 g/mol. The zero-order valence-corrected chi connectivity index (χ0v) is 8.98. The largest absolute Gasteiger partial charge is 0.449 e. The lowest BCUT2D eigenvalue weighted by molar-refractivity contribution is 0.188. The molecule has 0 bridgehead atoms. The molecule has 1 aromatic rings. The molecule has 0 saturated heterocycles. The van der Waals surface area contributed by atoms with E-state index in [1.54, 1.807) is 0 Å². The van der Waals surface area contributed by atoms with Crippen LogP contribution in [-0.2, 0) is 6.54 Å². The van der Waals surface area contributed by atoms with Gasteiger partial charge >= 0.3 is 6.08 Å². The third kappa shape index (κ3) is 2.94. The molecule has 2 rings (SSSR count). The summed E-state index contributed by atoms with van der Waals surface area (Å²) in [5.41, 5.74) is 6.12. The van der Waals surface area contributed by atoms with E-state index < -0.39 is 0 Å². The molecule has 2 N–H and O–H groups in total. The van der Waals surface area contributed by atoms with Crippen LogP contribution in [0.15, 0.2) is 10.7 Å². The molecule has 0 aliphatic heterocycles. The summed E-state index contributed by atoms with van der Waals surface area (Å²) in [5.74, 6) is 0. The van der Waals surface area contributed by atoms with E-state index >= 15 is 0 Å². The minimum atomic E-state index is 0.319. The van der Waals surface area contributed by atoms with Crippen LogP contribution in [0.25, 0.3) is 0 Å². The van der Waals surface area contributed by atoms with Gasteiger partial charge < -0.3 is 19.8 Å². The molecule has 0 unspecified atom stereocenters. The van der Waals surface area contributed by atoms with Gasteiger partial charge in [0, 0.05) is 19.1 Å². The summed E-state index contributed by atoms with van der Waals surface area (Å²) in [5, 5.41) is 0. The number of hydrogen-bond acceptors (Lipinski definition) is 5.